The number of carbonyl (C=O) groups excluding carboxylic acids is 2. The van der Waals surface area contributed by atoms with Crippen molar-refractivity contribution in [2.75, 3.05) is 18.5 Å². The fourth-order valence-corrected chi connectivity index (χ4v) is 4.95. The topological polar surface area (TPSA) is 58.6 Å². The van der Waals surface area contributed by atoms with Crippen molar-refractivity contribution in [3.63, 3.8) is 0 Å². The van der Waals surface area contributed by atoms with Gasteiger partial charge in [-0.05, 0) is 72.5 Å². The summed E-state index contributed by atoms with van der Waals surface area (Å²) in [6.45, 7) is 2.52. The molecule has 0 fully saturated rings. The van der Waals surface area contributed by atoms with Crippen LogP contribution < -0.4 is 10.1 Å². The van der Waals surface area contributed by atoms with Gasteiger partial charge >= 0.3 is 0 Å². The SMILES string of the molecule is Cc1cccc(C2c3cc(OCC(=O)Nc4cccc(Cl)c4)ccc3CCN2C(=O)c2ccccc2)c1. The summed E-state index contributed by atoms with van der Waals surface area (Å²) >= 11 is 6.01. The first-order valence-electron chi connectivity index (χ1n) is 12.2. The fourth-order valence-electron chi connectivity index (χ4n) is 4.76. The fraction of sp³-hybridized carbons (Fsp3) is 0.161. The van der Waals surface area contributed by atoms with Crippen LogP contribution in [0.5, 0.6) is 5.75 Å². The van der Waals surface area contributed by atoms with E-state index in [0.717, 1.165) is 23.1 Å². The standard InChI is InChI=1S/C31H27ClN2O3/c1-21-7-5-10-24(17-21)30-28-19-27(37-20-29(35)33-26-12-6-11-25(32)18-26)14-13-22(28)15-16-34(30)31(36)23-8-3-2-4-9-23/h2-14,17-19,30H,15-16,20H2,1H3,(H,33,35). The maximum atomic E-state index is 13.6. The lowest BCUT2D eigenvalue weighted by Gasteiger charge is -2.38. The first-order valence-corrected chi connectivity index (χ1v) is 12.6. The normalized spacial score (nSPS) is 14.5. The van der Waals surface area contributed by atoms with Gasteiger partial charge in [0.15, 0.2) is 6.61 Å². The monoisotopic (exact) mass is 510 g/mol. The van der Waals surface area contributed by atoms with Gasteiger partial charge < -0.3 is 15.0 Å². The van der Waals surface area contributed by atoms with E-state index in [-0.39, 0.29) is 24.5 Å². The van der Waals surface area contributed by atoms with Gasteiger partial charge in [-0.25, -0.2) is 0 Å². The van der Waals surface area contributed by atoms with Crippen LogP contribution in [0.25, 0.3) is 0 Å². The molecule has 0 bridgehead atoms. The number of amides is 2. The van der Waals surface area contributed by atoms with Crippen molar-refractivity contribution >= 4 is 29.1 Å². The van der Waals surface area contributed by atoms with Crippen LogP contribution in [-0.4, -0.2) is 29.9 Å². The lowest BCUT2D eigenvalue weighted by atomic mass is 9.87. The number of nitrogens with zero attached hydrogens (tertiary/aromatic N) is 1. The van der Waals surface area contributed by atoms with Crippen LogP contribution in [0.1, 0.15) is 38.7 Å². The highest BCUT2D eigenvalue weighted by Gasteiger charge is 2.33. The summed E-state index contributed by atoms with van der Waals surface area (Å²) in [6, 6.07) is 30.2. The van der Waals surface area contributed by atoms with E-state index in [9.17, 15) is 9.59 Å². The van der Waals surface area contributed by atoms with Gasteiger partial charge in [-0.2, -0.15) is 0 Å². The van der Waals surface area contributed by atoms with Crippen molar-refractivity contribution in [1.82, 2.24) is 4.90 Å². The van der Waals surface area contributed by atoms with Gasteiger partial charge in [0.25, 0.3) is 11.8 Å². The van der Waals surface area contributed by atoms with E-state index in [2.05, 4.69) is 30.4 Å². The Morgan fingerprint density at radius 3 is 2.54 bits per heavy atom. The Morgan fingerprint density at radius 1 is 0.946 bits per heavy atom. The molecule has 0 radical (unpaired) electrons. The van der Waals surface area contributed by atoms with Crippen molar-refractivity contribution in [3.8, 4) is 5.75 Å². The van der Waals surface area contributed by atoms with Crippen LogP contribution in [0.2, 0.25) is 5.02 Å². The number of benzene rings is 4. The predicted molar refractivity (Wildman–Crippen MR) is 146 cm³/mol. The summed E-state index contributed by atoms with van der Waals surface area (Å²) in [5.41, 5.74) is 5.62. The van der Waals surface area contributed by atoms with E-state index < -0.39 is 0 Å². The molecule has 186 valence electrons. The van der Waals surface area contributed by atoms with E-state index in [0.29, 0.717) is 28.6 Å². The Balaban J connectivity index is 1.42. The number of ether oxygens (including phenoxy) is 1. The smallest absolute Gasteiger partial charge is 0.262 e. The number of hydrogen-bond acceptors (Lipinski definition) is 3. The second-order valence-corrected chi connectivity index (χ2v) is 9.58. The maximum Gasteiger partial charge on any atom is 0.262 e. The van der Waals surface area contributed by atoms with Gasteiger partial charge in [-0.3, -0.25) is 9.59 Å². The first kappa shape index (κ1) is 24.6. The molecule has 1 N–H and O–H groups in total. The molecule has 1 atom stereocenters. The summed E-state index contributed by atoms with van der Waals surface area (Å²) in [7, 11) is 0. The molecule has 1 heterocycles. The number of anilines is 1. The van der Waals surface area contributed by atoms with Crippen LogP contribution in [0.3, 0.4) is 0 Å². The van der Waals surface area contributed by atoms with Gasteiger partial charge in [0.05, 0.1) is 6.04 Å². The molecular formula is C31H27ClN2O3. The molecule has 1 aliphatic heterocycles. The highest BCUT2D eigenvalue weighted by Crippen LogP contribution is 2.38. The van der Waals surface area contributed by atoms with Crippen LogP contribution in [0.15, 0.2) is 97.1 Å². The predicted octanol–water partition coefficient (Wildman–Crippen LogP) is 6.45. The Labute approximate surface area is 221 Å². The molecule has 37 heavy (non-hydrogen) atoms. The summed E-state index contributed by atoms with van der Waals surface area (Å²) in [4.78, 5) is 28.0. The van der Waals surface area contributed by atoms with Gasteiger partial charge in [0.1, 0.15) is 5.75 Å². The number of hydrogen-bond donors (Lipinski definition) is 1. The molecule has 4 aromatic rings. The lowest BCUT2D eigenvalue weighted by Crippen LogP contribution is -2.40. The minimum absolute atomic E-state index is 0.00928. The van der Waals surface area contributed by atoms with Crippen LogP contribution in [0, 0.1) is 6.92 Å². The van der Waals surface area contributed by atoms with Crippen molar-refractivity contribution in [3.05, 3.63) is 130 Å². The molecule has 1 aliphatic rings. The molecule has 4 aromatic carbocycles. The molecule has 5 rings (SSSR count). The van der Waals surface area contributed by atoms with E-state index >= 15 is 0 Å². The van der Waals surface area contributed by atoms with Crippen LogP contribution >= 0.6 is 11.6 Å². The molecule has 0 spiro atoms. The Hall–Kier alpha value is -4.09. The lowest BCUT2D eigenvalue weighted by molar-refractivity contribution is -0.118. The third-order valence-corrected chi connectivity index (χ3v) is 6.70. The number of nitrogens with one attached hydrogen (secondary N) is 1. The third kappa shape index (κ3) is 5.68. The van der Waals surface area contributed by atoms with Gasteiger partial charge in [-0.1, -0.05) is 71.8 Å². The zero-order valence-electron chi connectivity index (χ0n) is 20.5. The molecule has 6 heteroatoms. The van der Waals surface area contributed by atoms with Gasteiger partial charge in [-0.15, -0.1) is 0 Å². The summed E-state index contributed by atoms with van der Waals surface area (Å²) < 4.78 is 5.88. The zero-order valence-corrected chi connectivity index (χ0v) is 21.2. The average Bonchev–Trinajstić information content (AvgIpc) is 2.91. The average molecular weight is 511 g/mol. The van der Waals surface area contributed by atoms with Gasteiger partial charge in [0.2, 0.25) is 0 Å². The Bertz CT molecular complexity index is 1440. The highest BCUT2D eigenvalue weighted by atomic mass is 35.5. The largest absolute Gasteiger partial charge is 0.484 e. The number of fused-ring (bicyclic) bond motifs is 1. The maximum absolute atomic E-state index is 13.6. The molecule has 0 saturated heterocycles. The Morgan fingerprint density at radius 2 is 1.76 bits per heavy atom. The molecule has 0 aromatic heterocycles. The van der Waals surface area contributed by atoms with Crippen molar-refractivity contribution < 1.29 is 14.3 Å². The summed E-state index contributed by atoms with van der Waals surface area (Å²) in [6.07, 6.45) is 0.742. The summed E-state index contributed by atoms with van der Waals surface area (Å²) in [5.74, 6) is 0.285. The van der Waals surface area contributed by atoms with Crippen molar-refractivity contribution in [1.29, 1.82) is 0 Å². The minimum atomic E-state index is -0.281. The second kappa shape index (κ2) is 10.9. The number of aryl methyl sites for hydroxylation is 1. The highest BCUT2D eigenvalue weighted by molar-refractivity contribution is 6.30. The molecule has 0 aliphatic carbocycles. The number of halogens is 1. The molecular weight excluding hydrogens is 484 g/mol. The second-order valence-electron chi connectivity index (χ2n) is 9.14. The van der Waals surface area contributed by atoms with Crippen LogP contribution in [0.4, 0.5) is 5.69 Å². The molecule has 2 amide bonds. The van der Waals surface area contributed by atoms with E-state index in [1.54, 1.807) is 24.3 Å². The first-order chi connectivity index (χ1) is 18.0. The van der Waals surface area contributed by atoms with Gasteiger partial charge in [0, 0.05) is 22.8 Å². The minimum Gasteiger partial charge on any atom is -0.484 e. The quantitative estimate of drug-likeness (QED) is 0.324. The molecule has 5 nitrogen and oxygen atoms in total. The zero-order chi connectivity index (χ0) is 25.8. The van der Waals surface area contributed by atoms with E-state index in [4.69, 9.17) is 16.3 Å². The van der Waals surface area contributed by atoms with E-state index in [1.807, 2.05) is 59.5 Å². The molecule has 0 saturated carbocycles. The van der Waals surface area contributed by atoms with E-state index in [1.165, 1.54) is 5.56 Å². The summed E-state index contributed by atoms with van der Waals surface area (Å²) in [5, 5.41) is 3.34. The van der Waals surface area contributed by atoms with Crippen molar-refractivity contribution in [2.24, 2.45) is 0 Å². The van der Waals surface area contributed by atoms with Crippen LogP contribution in [-0.2, 0) is 11.2 Å². The Kier molecular flexibility index (Phi) is 7.24. The number of carbonyl (C=O) groups is 2. The third-order valence-electron chi connectivity index (χ3n) is 6.46. The van der Waals surface area contributed by atoms with Crippen molar-refractivity contribution in [2.45, 2.75) is 19.4 Å². The number of rotatable bonds is 6. The molecule has 1 unspecified atom stereocenters.